The lowest BCUT2D eigenvalue weighted by Crippen LogP contribution is -2.23. The van der Waals surface area contributed by atoms with Crippen molar-refractivity contribution >= 4 is 27.5 Å². The third-order valence-corrected chi connectivity index (χ3v) is 3.35. The van der Waals surface area contributed by atoms with Crippen LogP contribution in [0.25, 0.3) is 0 Å². The maximum absolute atomic E-state index is 13.6. The van der Waals surface area contributed by atoms with Crippen molar-refractivity contribution in [2.75, 3.05) is 12.4 Å². The van der Waals surface area contributed by atoms with Crippen molar-refractivity contribution in [3.05, 3.63) is 63.9 Å². The summed E-state index contributed by atoms with van der Waals surface area (Å²) in [6.45, 7) is 0.147. The summed E-state index contributed by atoms with van der Waals surface area (Å²) in [5.41, 5.74) is 1.83. The van der Waals surface area contributed by atoms with Gasteiger partial charge in [0.05, 0.1) is 0 Å². The maximum atomic E-state index is 13.6. The van der Waals surface area contributed by atoms with E-state index < -0.39 is 0 Å². The zero-order valence-electron chi connectivity index (χ0n) is 10.9. The molecule has 5 heteroatoms. The molecule has 0 radical (unpaired) electrons. The number of hydrogen-bond donors (Lipinski definition) is 2. The van der Waals surface area contributed by atoms with Gasteiger partial charge in [-0.15, -0.1) is 0 Å². The Bertz CT molecular complexity index is 631. The third kappa shape index (κ3) is 3.57. The highest BCUT2D eigenvalue weighted by atomic mass is 79.9. The minimum absolute atomic E-state index is 0.147. The number of carbonyl (C=O) groups excluding carboxylic acids is 1. The molecular formula is C15H14BrFN2O. The van der Waals surface area contributed by atoms with Crippen LogP contribution < -0.4 is 10.6 Å². The van der Waals surface area contributed by atoms with Crippen LogP contribution in [0.1, 0.15) is 15.9 Å². The summed E-state index contributed by atoms with van der Waals surface area (Å²) in [5, 5.41) is 5.67. The van der Waals surface area contributed by atoms with Crippen molar-refractivity contribution in [2.45, 2.75) is 6.54 Å². The van der Waals surface area contributed by atoms with Gasteiger partial charge < -0.3 is 10.6 Å². The molecular weight excluding hydrogens is 323 g/mol. The summed E-state index contributed by atoms with van der Waals surface area (Å²) in [6.07, 6.45) is 0. The minimum atomic E-state index is -0.336. The molecule has 0 aliphatic carbocycles. The van der Waals surface area contributed by atoms with E-state index in [1.165, 1.54) is 6.07 Å². The number of benzene rings is 2. The zero-order valence-corrected chi connectivity index (χ0v) is 12.5. The second-order valence-electron chi connectivity index (χ2n) is 4.25. The Morgan fingerprint density at radius 3 is 2.80 bits per heavy atom. The van der Waals surface area contributed by atoms with Crippen LogP contribution >= 0.6 is 15.9 Å². The van der Waals surface area contributed by atoms with Crippen LogP contribution in [0.4, 0.5) is 10.1 Å². The Balaban J connectivity index is 2.06. The molecule has 3 nitrogen and oxygen atoms in total. The number of amides is 1. The molecule has 0 spiro atoms. The predicted molar refractivity (Wildman–Crippen MR) is 81.3 cm³/mol. The van der Waals surface area contributed by atoms with Crippen LogP contribution in [0.3, 0.4) is 0 Å². The van der Waals surface area contributed by atoms with E-state index in [1.807, 2.05) is 6.07 Å². The standard InChI is InChI=1S/C15H14BrFN2O/c1-18-13-4-2-3-10(8-13)15(20)19-9-11-7-12(16)5-6-14(11)17/h2-8,18H,9H2,1H3,(H,19,20). The lowest BCUT2D eigenvalue weighted by molar-refractivity contribution is 0.0950. The first-order valence-corrected chi connectivity index (χ1v) is 6.89. The van der Waals surface area contributed by atoms with Crippen LogP contribution in [0.2, 0.25) is 0 Å². The largest absolute Gasteiger partial charge is 0.388 e. The lowest BCUT2D eigenvalue weighted by Gasteiger charge is -2.08. The molecule has 0 unspecified atom stereocenters. The molecule has 0 aliphatic heterocycles. The molecule has 0 atom stereocenters. The van der Waals surface area contributed by atoms with Gasteiger partial charge in [-0.3, -0.25) is 4.79 Å². The van der Waals surface area contributed by atoms with Crippen LogP contribution in [0, 0.1) is 5.82 Å². The highest BCUT2D eigenvalue weighted by Crippen LogP contribution is 2.16. The number of anilines is 1. The molecule has 20 heavy (non-hydrogen) atoms. The fraction of sp³-hybridized carbons (Fsp3) is 0.133. The normalized spacial score (nSPS) is 10.2. The number of rotatable bonds is 4. The quantitative estimate of drug-likeness (QED) is 0.896. The van der Waals surface area contributed by atoms with Gasteiger partial charge in [0.2, 0.25) is 0 Å². The van der Waals surface area contributed by atoms with E-state index >= 15 is 0 Å². The predicted octanol–water partition coefficient (Wildman–Crippen LogP) is 3.56. The Morgan fingerprint density at radius 2 is 2.05 bits per heavy atom. The number of nitrogens with one attached hydrogen (secondary N) is 2. The van der Waals surface area contributed by atoms with E-state index in [0.717, 1.165) is 10.2 Å². The average molecular weight is 337 g/mol. The van der Waals surface area contributed by atoms with Crippen LogP contribution in [-0.4, -0.2) is 13.0 Å². The summed E-state index contributed by atoms with van der Waals surface area (Å²) < 4.78 is 14.3. The first-order chi connectivity index (χ1) is 9.60. The van der Waals surface area contributed by atoms with Crippen LogP contribution in [0.15, 0.2) is 46.9 Å². The molecule has 0 fully saturated rings. The molecule has 1 amide bonds. The highest BCUT2D eigenvalue weighted by Gasteiger charge is 2.08. The smallest absolute Gasteiger partial charge is 0.251 e. The van der Waals surface area contributed by atoms with Gasteiger partial charge in [-0.25, -0.2) is 4.39 Å². The van der Waals surface area contributed by atoms with Gasteiger partial charge in [0.1, 0.15) is 5.82 Å². The van der Waals surface area contributed by atoms with Crippen molar-refractivity contribution in [3.8, 4) is 0 Å². The summed E-state index contributed by atoms with van der Waals surface area (Å²) in [4.78, 5) is 12.0. The van der Waals surface area contributed by atoms with E-state index in [-0.39, 0.29) is 18.3 Å². The Labute approximate surface area is 125 Å². The van der Waals surface area contributed by atoms with E-state index in [4.69, 9.17) is 0 Å². The van der Waals surface area contributed by atoms with Crippen molar-refractivity contribution in [2.24, 2.45) is 0 Å². The van der Waals surface area contributed by atoms with Gasteiger partial charge in [-0.1, -0.05) is 22.0 Å². The fourth-order valence-electron chi connectivity index (χ4n) is 1.77. The summed E-state index contributed by atoms with van der Waals surface area (Å²) in [7, 11) is 1.79. The SMILES string of the molecule is CNc1cccc(C(=O)NCc2cc(Br)ccc2F)c1. The van der Waals surface area contributed by atoms with E-state index in [2.05, 4.69) is 26.6 Å². The first-order valence-electron chi connectivity index (χ1n) is 6.10. The molecule has 2 aromatic carbocycles. The van der Waals surface area contributed by atoms with Gasteiger partial charge in [-0.2, -0.15) is 0 Å². The van der Waals surface area contributed by atoms with Crippen molar-refractivity contribution < 1.29 is 9.18 Å². The Hall–Kier alpha value is -1.88. The Kier molecular flexibility index (Phi) is 4.74. The summed E-state index contributed by atoms with van der Waals surface area (Å²) >= 11 is 3.28. The molecule has 0 bridgehead atoms. The fourth-order valence-corrected chi connectivity index (χ4v) is 2.18. The molecule has 0 aromatic heterocycles. The lowest BCUT2D eigenvalue weighted by atomic mass is 10.1. The average Bonchev–Trinajstić information content (AvgIpc) is 2.48. The monoisotopic (exact) mass is 336 g/mol. The zero-order chi connectivity index (χ0) is 14.5. The summed E-state index contributed by atoms with van der Waals surface area (Å²) in [5.74, 6) is -0.570. The topological polar surface area (TPSA) is 41.1 Å². The van der Waals surface area contributed by atoms with Crippen molar-refractivity contribution in [1.29, 1.82) is 0 Å². The molecule has 104 valence electrons. The molecule has 0 saturated carbocycles. The van der Waals surface area contributed by atoms with Gasteiger partial charge in [-0.05, 0) is 36.4 Å². The van der Waals surface area contributed by atoms with Gasteiger partial charge in [0.15, 0.2) is 0 Å². The number of halogens is 2. The minimum Gasteiger partial charge on any atom is -0.388 e. The first kappa shape index (κ1) is 14.5. The third-order valence-electron chi connectivity index (χ3n) is 2.86. The van der Waals surface area contributed by atoms with E-state index in [0.29, 0.717) is 11.1 Å². The second-order valence-corrected chi connectivity index (χ2v) is 5.16. The van der Waals surface area contributed by atoms with Gasteiger partial charge in [0.25, 0.3) is 5.91 Å². The van der Waals surface area contributed by atoms with E-state index in [9.17, 15) is 9.18 Å². The van der Waals surface area contributed by atoms with Crippen LogP contribution in [0.5, 0.6) is 0 Å². The molecule has 0 saturated heterocycles. The molecule has 0 heterocycles. The van der Waals surface area contributed by atoms with Gasteiger partial charge in [0, 0.05) is 34.9 Å². The van der Waals surface area contributed by atoms with E-state index in [1.54, 1.807) is 37.4 Å². The highest BCUT2D eigenvalue weighted by molar-refractivity contribution is 9.10. The maximum Gasteiger partial charge on any atom is 0.251 e. The van der Waals surface area contributed by atoms with Crippen molar-refractivity contribution in [1.82, 2.24) is 5.32 Å². The van der Waals surface area contributed by atoms with Crippen molar-refractivity contribution in [3.63, 3.8) is 0 Å². The van der Waals surface area contributed by atoms with Gasteiger partial charge >= 0.3 is 0 Å². The Morgan fingerprint density at radius 1 is 1.25 bits per heavy atom. The number of hydrogen-bond acceptors (Lipinski definition) is 2. The second kappa shape index (κ2) is 6.52. The molecule has 2 aromatic rings. The molecule has 2 rings (SSSR count). The summed E-state index contributed by atoms with van der Waals surface area (Å²) in [6, 6.07) is 11.8. The molecule has 2 N–H and O–H groups in total. The number of carbonyl (C=O) groups is 1. The molecule has 0 aliphatic rings. The van der Waals surface area contributed by atoms with Crippen LogP contribution in [-0.2, 0) is 6.54 Å².